The van der Waals surface area contributed by atoms with E-state index in [1.807, 2.05) is 32.9 Å². The molecule has 1 aromatic carbocycles. The number of rotatable bonds is 11. The van der Waals surface area contributed by atoms with Crippen molar-refractivity contribution in [2.75, 3.05) is 13.6 Å². The number of likely N-dealkylation sites (tertiary alicyclic amines) is 1. The fourth-order valence-corrected chi connectivity index (χ4v) is 8.51. The van der Waals surface area contributed by atoms with Gasteiger partial charge in [-0.1, -0.05) is 68.9 Å². The van der Waals surface area contributed by atoms with Crippen molar-refractivity contribution >= 4 is 46.7 Å². The summed E-state index contributed by atoms with van der Waals surface area (Å²) < 4.78 is 0. The van der Waals surface area contributed by atoms with Crippen molar-refractivity contribution in [3.8, 4) is 0 Å². The van der Waals surface area contributed by atoms with Gasteiger partial charge in [0.2, 0.25) is 23.5 Å². The monoisotopic (exact) mass is 681 g/mol. The molecular formula is C36H48ClN5O6. The van der Waals surface area contributed by atoms with Gasteiger partial charge < -0.3 is 25.7 Å². The smallest absolute Gasteiger partial charge is 0.289 e. The predicted octanol–water partition coefficient (Wildman–Crippen LogP) is 3.76. The molecule has 7 atom stereocenters. The van der Waals surface area contributed by atoms with Gasteiger partial charge in [0, 0.05) is 36.9 Å². The van der Waals surface area contributed by atoms with Crippen molar-refractivity contribution < 1.29 is 28.8 Å². The van der Waals surface area contributed by atoms with E-state index in [1.54, 1.807) is 12.1 Å². The molecule has 3 aliphatic carbocycles. The molecule has 48 heavy (non-hydrogen) atoms. The Morgan fingerprint density at radius 3 is 2.48 bits per heavy atom. The van der Waals surface area contributed by atoms with Crippen LogP contribution < -0.4 is 16.0 Å². The quantitative estimate of drug-likeness (QED) is 0.303. The van der Waals surface area contributed by atoms with Crippen molar-refractivity contribution in [2.45, 2.75) is 109 Å². The summed E-state index contributed by atoms with van der Waals surface area (Å²) in [6.45, 7) is 5.75. The first kappa shape index (κ1) is 34.4. The van der Waals surface area contributed by atoms with Crippen LogP contribution in [-0.2, 0) is 28.8 Å². The molecular weight excluding hydrogens is 634 g/mol. The van der Waals surface area contributed by atoms with Crippen LogP contribution in [0.3, 0.4) is 0 Å². The largest absolute Gasteiger partial charge is 0.387 e. The number of benzene rings is 1. The second kappa shape index (κ2) is 13.4. The number of ketones is 1. The maximum Gasteiger partial charge on any atom is 0.289 e. The molecule has 5 aliphatic rings. The zero-order valence-corrected chi connectivity index (χ0v) is 29.1. The van der Waals surface area contributed by atoms with Gasteiger partial charge in [-0.05, 0) is 66.9 Å². The van der Waals surface area contributed by atoms with Crippen LogP contribution in [0, 0.1) is 29.1 Å². The van der Waals surface area contributed by atoms with Gasteiger partial charge in [-0.15, -0.1) is 0 Å². The van der Waals surface area contributed by atoms with Crippen molar-refractivity contribution in [3.63, 3.8) is 0 Å². The second-order valence-corrected chi connectivity index (χ2v) is 16.3. The first-order chi connectivity index (χ1) is 22.7. The summed E-state index contributed by atoms with van der Waals surface area (Å²) in [4.78, 5) is 75.1. The maximum atomic E-state index is 14.6. The molecule has 0 aromatic heterocycles. The summed E-state index contributed by atoms with van der Waals surface area (Å²) in [6, 6.07) is 4.33. The lowest BCUT2D eigenvalue weighted by Crippen LogP contribution is -2.59. The second-order valence-electron chi connectivity index (χ2n) is 15.9. The molecule has 6 rings (SSSR count). The number of Topliss-reactive ketones (excluding diaryl/α,β-unsaturated/α-hetero) is 1. The average molecular weight is 682 g/mol. The molecule has 1 aromatic rings. The summed E-state index contributed by atoms with van der Waals surface area (Å²) in [6.07, 6.45) is 7.72. The molecule has 3 N–H and O–H groups in total. The zero-order chi connectivity index (χ0) is 34.4. The van der Waals surface area contributed by atoms with Gasteiger partial charge in [-0.3, -0.25) is 24.0 Å². The van der Waals surface area contributed by atoms with E-state index in [9.17, 15) is 24.0 Å². The molecule has 260 valence electrons. The summed E-state index contributed by atoms with van der Waals surface area (Å²) in [5.74, 6) is -0.708. The number of nitrogens with one attached hydrogen (secondary N) is 3. The third-order valence-electron chi connectivity index (χ3n) is 11.1. The highest BCUT2D eigenvalue weighted by molar-refractivity contribution is 6.38. The predicted molar refractivity (Wildman–Crippen MR) is 180 cm³/mol. The summed E-state index contributed by atoms with van der Waals surface area (Å²) in [5, 5.41) is 13.2. The summed E-state index contributed by atoms with van der Waals surface area (Å²) in [5.41, 5.74) is -0.229. The fourth-order valence-electron chi connectivity index (χ4n) is 8.32. The number of carbonyl (C=O) groups is 5. The van der Waals surface area contributed by atoms with E-state index in [0.717, 1.165) is 24.8 Å². The third kappa shape index (κ3) is 7.40. The zero-order valence-electron chi connectivity index (χ0n) is 28.4. The van der Waals surface area contributed by atoms with E-state index in [2.05, 4.69) is 21.1 Å². The van der Waals surface area contributed by atoms with Crippen LogP contribution in [0.25, 0.3) is 0 Å². The van der Waals surface area contributed by atoms with E-state index in [4.69, 9.17) is 16.4 Å². The molecule has 11 nitrogen and oxygen atoms in total. The highest BCUT2D eigenvalue weighted by Crippen LogP contribution is 2.49. The van der Waals surface area contributed by atoms with E-state index >= 15 is 0 Å². The maximum absolute atomic E-state index is 14.6. The van der Waals surface area contributed by atoms with E-state index < -0.39 is 52.6 Å². The van der Waals surface area contributed by atoms with Crippen molar-refractivity contribution in [1.82, 2.24) is 20.9 Å². The van der Waals surface area contributed by atoms with Gasteiger partial charge in [-0.2, -0.15) is 0 Å². The topological polar surface area (TPSA) is 146 Å². The SMILES string of the molecule is CNC(=O)C(=O)[C@H](CC1CC1)NC(=O)[C@@H]1C[C@]2(CC(c3cccc(Cl)c3)=NO2)CN1C(=O)[C@@H](NC(=O)C[C@H]1CC2CCC1C2)C(C)(C)C. The minimum Gasteiger partial charge on any atom is -0.387 e. The Morgan fingerprint density at radius 1 is 1.08 bits per heavy atom. The first-order valence-electron chi connectivity index (χ1n) is 17.4. The van der Waals surface area contributed by atoms with Gasteiger partial charge in [0.15, 0.2) is 5.60 Å². The number of halogens is 1. The molecule has 4 amide bonds. The van der Waals surface area contributed by atoms with E-state index in [0.29, 0.717) is 47.8 Å². The Morgan fingerprint density at radius 2 is 1.85 bits per heavy atom. The van der Waals surface area contributed by atoms with Gasteiger partial charge in [0.05, 0.1) is 18.3 Å². The number of amides is 4. The van der Waals surface area contributed by atoms with Crippen LogP contribution in [0.1, 0.15) is 90.5 Å². The summed E-state index contributed by atoms with van der Waals surface area (Å²) >= 11 is 6.25. The lowest BCUT2D eigenvalue weighted by Gasteiger charge is -2.36. The molecule has 1 saturated heterocycles. The minimum absolute atomic E-state index is 0.0585. The van der Waals surface area contributed by atoms with Gasteiger partial charge >= 0.3 is 0 Å². The first-order valence-corrected chi connectivity index (χ1v) is 17.8. The lowest BCUT2D eigenvalue weighted by atomic mass is 9.84. The van der Waals surface area contributed by atoms with E-state index in [-0.39, 0.29) is 24.8 Å². The standard InChI is InChI=1S/C36H48ClN5O6/c1-35(2,3)31(40-29(43)16-24-13-21-10-11-22(24)12-21)34(47)42-19-36(17-27(41-48-36)23-6-5-7-25(37)15-23)18-28(42)32(45)39-26(14-20-8-9-20)30(44)33(46)38-4/h5-7,15,20-22,24,26,28,31H,8-14,16-19H2,1-4H3,(H,38,46)(H,39,45)(H,40,43)/t21?,22?,24-,26+,28+,31-,36-/m1/s1. The Labute approximate surface area is 287 Å². The van der Waals surface area contributed by atoms with Crippen molar-refractivity contribution in [2.24, 2.45) is 34.2 Å². The van der Waals surface area contributed by atoms with Crippen LogP contribution in [0.4, 0.5) is 0 Å². The van der Waals surface area contributed by atoms with Gasteiger partial charge in [-0.25, -0.2) is 0 Å². The van der Waals surface area contributed by atoms with Crippen LogP contribution in [-0.4, -0.2) is 77.3 Å². The molecule has 2 heterocycles. The lowest BCUT2D eigenvalue weighted by molar-refractivity contribution is -0.145. The molecule has 2 aliphatic heterocycles. The molecule has 3 saturated carbocycles. The number of nitrogens with zero attached hydrogens (tertiary/aromatic N) is 2. The summed E-state index contributed by atoms with van der Waals surface area (Å²) in [7, 11) is 1.38. The number of fused-ring (bicyclic) bond motifs is 2. The van der Waals surface area contributed by atoms with Gasteiger partial charge in [0.25, 0.3) is 5.91 Å². The molecule has 0 radical (unpaired) electrons. The Kier molecular flexibility index (Phi) is 9.63. The fraction of sp³-hybridized carbons (Fsp3) is 0.667. The molecule has 12 heteroatoms. The van der Waals surface area contributed by atoms with Crippen LogP contribution in [0.15, 0.2) is 29.4 Å². The number of hydrogen-bond acceptors (Lipinski definition) is 7. The highest BCUT2D eigenvalue weighted by atomic mass is 35.5. The van der Waals surface area contributed by atoms with Gasteiger partial charge in [0.1, 0.15) is 12.1 Å². The molecule has 1 spiro atoms. The minimum atomic E-state index is -1.02. The number of carbonyl (C=O) groups excluding carboxylic acids is 5. The normalized spacial score (nSPS) is 28.9. The average Bonchev–Trinajstić information content (AvgIpc) is 3.38. The molecule has 4 fully saturated rings. The number of hydrogen-bond donors (Lipinski definition) is 3. The molecule has 2 unspecified atom stereocenters. The molecule has 2 bridgehead atoms. The number of likely N-dealkylation sites (N-methyl/N-ethyl adjacent to an activating group) is 1. The Hall–Kier alpha value is -3.47. The Bertz CT molecular complexity index is 1500. The van der Waals surface area contributed by atoms with Crippen molar-refractivity contribution in [1.29, 1.82) is 0 Å². The van der Waals surface area contributed by atoms with Crippen LogP contribution in [0.5, 0.6) is 0 Å². The van der Waals surface area contributed by atoms with Crippen LogP contribution in [0.2, 0.25) is 5.02 Å². The van der Waals surface area contributed by atoms with Crippen molar-refractivity contribution in [3.05, 3.63) is 34.9 Å². The van der Waals surface area contributed by atoms with E-state index in [1.165, 1.54) is 31.2 Å². The third-order valence-corrected chi connectivity index (χ3v) is 11.3. The number of oxime groups is 1. The highest BCUT2D eigenvalue weighted by Gasteiger charge is 2.56. The Balaban J connectivity index is 1.24. The van der Waals surface area contributed by atoms with Crippen LogP contribution >= 0.6 is 11.6 Å².